The second-order valence-electron chi connectivity index (χ2n) is 5.89. The molecule has 4 nitrogen and oxygen atoms in total. The number of imidazole rings is 1. The highest BCUT2D eigenvalue weighted by molar-refractivity contribution is 5.87. The van der Waals surface area contributed by atoms with Crippen LogP contribution in [0.2, 0.25) is 0 Å². The van der Waals surface area contributed by atoms with Gasteiger partial charge in [-0.1, -0.05) is 25.1 Å². The Balaban J connectivity index is 2.24. The summed E-state index contributed by atoms with van der Waals surface area (Å²) in [6.45, 7) is 1.95. The molecule has 0 saturated heterocycles. The summed E-state index contributed by atoms with van der Waals surface area (Å²) in [6, 6.07) is 5.08. The van der Waals surface area contributed by atoms with E-state index in [1.807, 2.05) is 13.0 Å². The van der Waals surface area contributed by atoms with Gasteiger partial charge in [0.2, 0.25) is 0 Å². The van der Waals surface area contributed by atoms with Gasteiger partial charge in [-0.05, 0) is 18.6 Å². The van der Waals surface area contributed by atoms with Crippen LogP contribution in [0.4, 0.5) is 24.5 Å². The molecule has 27 heavy (non-hydrogen) atoms. The van der Waals surface area contributed by atoms with Crippen molar-refractivity contribution < 1.29 is 13.2 Å². The third-order valence-electron chi connectivity index (χ3n) is 4.23. The molecular formula is C20H19F3N4. The SMILES string of the molecule is CC/C=C(\c1ncc[nH]1)c1ccc(-c2c(F)ccc(N)c2F)c(F)c1NC. The average Bonchev–Trinajstić information content (AvgIpc) is 3.18. The Hall–Kier alpha value is -3.22. The molecule has 0 bridgehead atoms. The highest BCUT2D eigenvalue weighted by Gasteiger charge is 2.23. The second kappa shape index (κ2) is 7.57. The van der Waals surface area contributed by atoms with Gasteiger partial charge in [0, 0.05) is 36.1 Å². The van der Waals surface area contributed by atoms with Gasteiger partial charge in [0.1, 0.15) is 11.6 Å². The number of nitrogens with one attached hydrogen (secondary N) is 2. The third-order valence-corrected chi connectivity index (χ3v) is 4.23. The van der Waals surface area contributed by atoms with Gasteiger partial charge in [0.05, 0.1) is 16.9 Å². The molecule has 2 aromatic carbocycles. The predicted molar refractivity (Wildman–Crippen MR) is 102 cm³/mol. The molecule has 3 aromatic rings. The van der Waals surface area contributed by atoms with Gasteiger partial charge >= 0.3 is 0 Å². The molecule has 140 valence electrons. The topological polar surface area (TPSA) is 66.7 Å². The monoisotopic (exact) mass is 372 g/mol. The number of nitrogen functional groups attached to an aromatic ring is 1. The summed E-state index contributed by atoms with van der Waals surface area (Å²) in [5.41, 5.74) is 5.91. The Morgan fingerprint density at radius 2 is 1.96 bits per heavy atom. The van der Waals surface area contributed by atoms with Crippen LogP contribution in [0.3, 0.4) is 0 Å². The van der Waals surface area contributed by atoms with Crippen LogP contribution in [-0.2, 0) is 0 Å². The van der Waals surface area contributed by atoms with Gasteiger partial charge in [-0.3, -0.25) is 0 Å². The summed E-state index contributed by atoms with van der Waals surface area (Å²) in [5, 5.41) is 2.79. The fraction of sp³-hybridized carbons (Fsp3) is 0.150. The summed E-state index contributed by atoms with van der Waals surface area (Å²) < 4.78 is 43.9. The normalized spacial score (nSPS) is 11.7. The fourth-order valence-electron chi connectivity index (χ4n) is 3.00. The van der Waals surface area contributed by atoms with Crippen LogP contribution < -0.4 is 11.1 Å². The van der Waals surface area contributed by atoms with Gasteiger partial charge in [-0.2, -0.15) is 0 Å². The van der Waals surface area contributed by atoms with Crippen molar-refractivity contribution in [2.24, 2.45) is 0 Å². The summed E-state index contributed by atoms with van der Waals surface area (Å²) in [5.74, 6) is -2.07. The van der Waals surface area contributed by atoms with Gasteiger partial charge in [-0.25, -0.2) is 18.2 Å². The fourth-order valence-corrected chi connectivity index (χ4v) is 3.00. The Morgan fingerprint density at radius 3 is 2.59 bits per heavy atom. The lowest BCUT2D eigenvalue weighted by Crippen LogP contribution is -2.04. The molecule has 1 heterocycles. The number of aromatic amines is 1. The number of benzene rings is 2. The van der Waals surface area contributed by atoms with Crippen molar-refractivity contribution in [3.05, 3.63) is 71.6 Å². The Labute approximate surface area is 154 Å². The smallest absolute Gasteiger partial charge is 0.156 e. The van der Waals surface area contributed by atoms with E-state index < -0.39 is 23.0 Å². The van der Waals surface area contributed by atoms with Crippen LogP contribution in [0, 0.1) is 17.5 Å². The molecule has 0 aliphatic heterocycles. The van der Waals surface area contributed by atoms with Crippen LogP contribution in [0.25, 0.3) is 16.7 Å². The lowest BCUT2D eigenvalue weighted by Gasteiger charge is -2.16. The van der Waals surface area contributed by atoms with Crippen LogP contribution in [0.15, 0.2) is 42.7 Å². The number of anilines is 2. The minimum Gasteiger partial charge on any atom is -0.396 e. The van der Waals surface area contributed by atoms with Gasteiger partial charge in [0.25, 0.3) is 0 Å². The molecule has 0 fully saturated rings. The van der Waals surface area contributed by atoms with E-state index in [9.17, 15) is 8.78 Å². The Kier molecular flexibility index (Phi) is 5.21. The quantitative estimate of drug-likeness (QED) is 0.555. The number of H-pyrrole nitrogens is 1. The number of allylic oxidation sites excluding steroid dienone is 1. The Morgan fingerprint density at radius 1 is 1.19 bits per heavy atom. The van der Waals surface area contributed by atoms with Crippen LogP contribution in [0.1, 0.15) is 24.7 Å². The zero-order valence-electron chi connectivity index (χ0n) is 14.9. The summed E-state index contributed by atoms with van der Waals surface area (Å²) in [4.78, 5) is 7.22. The number of hydrogen-bond donors (Lipinski definition) is 3. The Bertz CT molecular complexity index is 995. The molecular weight excluding hydrogens is 353 g/mol. The molecule has 0 aliphatic rings. The highest BCUT2D eigenvalue weighted by atomic mass is 19.1. The first-order chi connectivity index (χ1) is 13.0. The van der Waals surface area contributed by atoms with E-state index in [-0.39, 0.29) is 16.9 Å². The number of halogens is 3. The van der Waals surface area contributed by atoms with Gasteiger partial charge in [0.15, 0.2) is 11.6 Å². The van der Waals surface area contributed by atoms with Crippen molar-refractivity contribution in [3.8, 4) is 11.1 Å². The first kappa shape index (κ1) is 18.6. The van der Waals surface area contributed by atoms with Crippen molar-refractivity contribution >= 4 is 16.9 Å². The average molecular weight is 372 g/mol. The second-order valence-corrected chi connectivity index (χ2v) is 5.89. The summed E-state index contributed by atoms with van der Waals surface area (Å²) in [6.07, 6.45) is 5.86. The molecule has 0 saturated carbocycles. The standard InChI is InChI=1S/C20H19F3N4/c1-3-4-12(20-26-9-10-27-20)11-5-6-13(17(22)19(11)25-2)16-14(21)7-8-15(24)18(16)23/h4-10,25H,3,24H2,1-2H3,(H,26,27)/b12-4-. The van der Waals surface area contributed by atoms with Crippen molar-refractivity contribution in [2.45, 2.75) is 13.3 Å². The van der Waals surface area contributed by atoms with E-state index in [0.717, 1.165) is 12.1 Å². The predicted octanol–water partition coefficient (Wildman–Crippen LogP) is 4.96. The number of nitrogens with zero attached hydrogens (tertiary/aromatic N) is 1. The van der Waals surface area contributed by atoms with Crippen molar-refractivity contribution in [3.63, 3.8) is 0 Å². The minimum atomic E-state index is -0.987. The molecule has 0 spiro atoms. The zero-order chi connectivity index (χ0) is 19.6. The van der Waals surface area contributed by atoms with Crippen LogP contribution in [-0.4, -0.2) is 17.0 Å². The largest absolute Gasteiger partial charge is 0.396 e. The van der Waals surface area contributed by atoms with Crippen LogP contribution >= 0.6 is 0 Å². The maximum Gasteiger partial charge on any atom is 0.156 e. The van der Waals surface area contributed by atoms with E-state index in [4.69, 9.17) is 5.73 Å². The molecule has 4 N–H and O–H groups in total. The number of nitrogens with two attached hydrogens (primary N) is 1. The summed E-state index contributed by atoms with van der Waals surface area (Å²) in [7, 11) is 1.55. The lowest BCUT2D eigenvalue weighted by atomic mass is 9.95. The third kappa shape index (κ3) is 3.28. The zero-order valence-corrected chi connectivity index (χ0v) is 14.9. The van der Waals surface area contributed by atoms with E-state index in [2.05, 4.69) is 15.3 Å². The molecule has 0 radical (unpaired) electrons. The molecule has 0 aliphatic carbocycles. The highest BCUT2D eigenvalue weighted by Crippen LogP contribution is 2.38. The van der Waals surface area contributed by atoms with Gasteiger partial charge < -0.3 is 16.0 Å². The van der Waals surface area contributed by atoms with E-state index in [1.54, 1.807) is 25.5 Å². The first-order valence-corrected chi connectivity index (χ1v) is 8.43. The molecule has 1 aromatic heterocycles. The molecule has 3 rings (SSSR count). The number of aromatic nitrogens is 2. The maximum absolute atomic E-state index is 15.3. The molecule has 0 amide bonds. The first-order valence-electron chi connectivity index (χ1n) is 8.43. The van der Waals surface area contributed by atoms with Crippen molar-refractivity contribution in [1.29, 1.82) is 0 Å². The van der Waals surface area contributed by atoms with Crippen molar-refractivity contribution in [1.82, 2.24) is 9.97 Å². The van der Waals surface area contributed by atoms with E-state index in [1.165, 1.54) is 6.07 Å². The number of rotatable bonds is 5. The minimum absolute atomic E-state index is 0.116. The number of hydrogen-bond acceptors (Lipinski definition) is 3. The molecule has 7 heteroatoms. The summed E-state index contributed by atoms with van der Waals surface area (Å²) >= 11 is 0. The van der Waals surface area contributed by atoms with Crippen molar-refractivity contribution in [2.75, 3.05) is 18.1 Å². The van der Waals surface area contributed by atoms with E-state index in [0.29, 0.717) is 23.4 Å². The molecule has 0 unspecified atom stereocenters. The van der Waals surface area contributed by atoms with Crippen LogP contribution in [0.5, 0.6) is 0 Å². The maximum atomic E-state index is 15.3. The molecule has 0 atom stereocenters. The van der Waals surface area contributed by atoms with E-state index >= 15 is 4.39 Å². The van der Waals surface area contributed by atoms with Gasteiger partial charge in [-0.15, -0.1) is 0 Å². The lowest BCUT2D eigenvalue weighted by molar-refractivity contribution is 0.585.